The van der Waals surface area contributed by atoms with Crippen molar-refractivity contribution in [3.05, 3.63) is 42.1 Å². The zero-order valence-electron chi connectivity index (χ0n) is 11.6. The van der Waals surface area contributed by atoms with E-state index >= 15 is 0 Å². The highest BCUT2D eigenvalue weighted by molar-refractivity contribution is 6.63. The number of aromatic nitrogens is 1. The van der Waals surface area contributed by atoms with Gasteiger partial charge in [0.1, 0.15) is 0 Å². The van der Waals surface area contributed by atoms with Gasteiger partial charge in [-0.1, -0.05) is 38.1 Å². The van der Waals surface area contributed by atoms with Gasteiger partial charge in [0.2, 0.25) is 0 Å². The normalized spacial score (nSPS) is 14.2. The molecular weight excluding hydrogens is 248 g/mol. The van der Waals surface area contributed by atoms with Crippen LogP contribution < -0.4 is 4.57 Å². The molecule has 97 valence electrons. The Balaban J connectivity index is 2.16. The smallest absolute Gasteiger partial charge is 0.169 e. The second kappa shape index (κ2) is 5.17. The lowest BCUT2D eigenvalue weighted by molar-refractivity contribution is 1.10. The van der Waals surface area contributed by atoms with Crippen LogP contribution in [0, 0.1) is 0 Å². The van der Waals surface area contributed by atoms with Crippen LogP contribution in [0.1, 0.15) is 19.4 Å². The van der Waals surface area contributed by atoms with E-state index in [2.05, 4.69) is 53.7 Å². The molecule has 0 atom stereocenters. The number of nitrogens with zero attached hydrogens (tertiary/aromatic N) is 2. The van der Waals surface area contributed by atoms with Crippen molar-refractivity contribution in [2.24, 2.45) is 0 Å². The summed E-state index contributed by atoms with van der Waals surface area (Å²) in [4.78, 5) is 4.57. The van der Waals surface area contributed by atoms with Crippen LogP contribution in [0.3, 0.4) is 0 Å². The number of pyridine rings is 1. The number of rotatable bonds is 3. The van der Waals surface area contributed by atoms with Crippen LogP contribution in [0.25, 0.3) is 17.0 Å². The molecule has 0 amide bonds. The van der Waals surface area contributed by atoms with E-state index in [9.17, 15) is 0 Å². The summed E-state index contributed by atoms with van der Waals surface area (Å²) in [6, 6.07) is 11.2. The monoisotopic (exact) mass is 267 g/mol. The third-order valence-electron chi connectivity index (χ3n) is 3.85. The molecule has 0 unspecified atom stereocenters. The highest BCUT2D eigenvalue weighted by atomic mass is 28.3. The third-order valence-corrected chi connectivity index (χ3v) is 6.67. The van der Waals surface area contributed by atoms with Crippen molar-refractivity contribution in [2.75, 3.05) is 11.1 Å². The summed E-state index contributed by atoms with van der Waals surface area (Å²) in [7, 11) is -0.449. The molecule has 0 saturated heterocycles. The Kier molecular flexibility index (Phi) is 3.38. The van der Waals surface area contributed by atoms with E-state index in [0.29, 0.717) is 0 Å². The third kappa shape index (κ3) is 2.08. The fourth-order valence-corrected chi connectivity index (χ4v) is 5.02. The molecule has 0 bridgehead atoms. The fourth-order valence-electron chi connectivity index (χ4n) is 2.86. The molecule has 1 aliphatic rings. The summed E-state index contributed by atoms with van der Waals surface area (Å²) in [5.74, 6) is 0. The lowest BCUT2D eigenvalue weighted by Gasteiger charge is -2.34. The maximum Gasteiger partial charge on any atom is 0.169 e. The minimum atomic E-state index is -0.449. The van der Waals surface area contributed by atoms with E-state index in [-0.39, 0.29) is 0 Å². The molecule has 0 N–H and O–H groups in total. The van der Waals surface area contributed by atoms with Crippen LogP contribution in [0.4, 0.5) is 5.69 Å². The van der Waals surface area contributed by atoms with Crippen molar-refractivity contribution >= 4 is 31.6 Å². The minimum Gasteiger partial charge on any atom is -0.394 e. The summed E-state index contributed by atoms with van der Waals surface area (Å²) >= 11 is 0. The highest BCUT2D eigenvalue weighted by Gasteiger charge is 2.22. The molecule has 1 aromatic heterocycles. The van der Waals surface area contributed by atoms with Crippen LogP contribution in [0.5, 0.6) is 0 Å². The lowest BCUT2D eigenvalue weighted by Crippen LogP contribution is -2.40. The fraction of sp³-hybridized carbons (Fsp3) is 0.312. The maximum atomic E-state index is 4.57. The molecule has 2 aromatic rings. The largest absolute Gasteiger partial charge is 0.394 e. The Morgan fingerprint density at radius 1 is 1.21 bits per heavy atom. The summed E-state index contributed by atoms with van der Waals surface area (Å²) in [6.07, 6.45) is 6.42. The van der Waals surface area contributed by atoms with Crippen molar-refractivity contribution in [1.29, 1.82) is 0 Å². The first kappa shape index (κ1) is 12.4. The van der Waals surface area contributed by atoms with Crippen molar-refractivity contribution in [3.63, 3.8) is 0 Å². The van der Waals surface area contributed by atoms with Gasteiger partial charge in [0.25, 0.3) is 0 Å². The van der Waals surface area contributed by atoms with Gasteiger partial charge in [-0.05, 0) is 24.2 Å². The van der Waals surface area contributed by atoms with E-state index in [1.165, 1.54) is 28.7 Å². The zero-order chi connectivity index (χ0) is 13.2. The molecule has 0 fully saturated rings. The first-order chi connectivity index (χ1) is 9.35. The van der Waals surface area contributed by atoms with Gasteiger partial charge in [0.05, 0.1) is 5.52 Å². The molecule has 3 heteroatoms. The molecule has 0 spiro atoms. The van der Waals surface area contributed by atoms with Gasteiger partial charge >= 0.3 is 0 Å². The molecule has 2 nitrogen and oxygen atoms in total. The Bertz CT molecular complexity index is 617. The summed E-state index contributed by atoms with van der Waals surface area (Å²) in [5.41, 5.74) is 3.81. The number of benzene rings is 1. The molecular formula is C16H19N2Si. The predicted molar refractivity (Wildman–Crippen MR) is 84.8 cm³/mol. The molecule has 1 aliphatic heterocycles. The van der Waals surface area contributed by atoms with E-state index in [1.807, 2.05) is 12.3 Å². The van der Waals surface area contributed by atoms with Crippen molar-refractivity contribution in [1.82, 2.24) is 4.98 Å². The topological polar surface area (TPSA) is 16.1 Å². The van der Waals surface area contributed by atoms with Gasteiger partial charge in [-0.15, -0.1) is 0 Å². The zero-order valence-corrected chi connectivity index (χ0v) is 12.6. The average Bonchev–Trinajstić information content (AvgIpc) is 2.48. The predicted octanol–water partition coefficient (Wildman–Crippen LogP) is 4.10. The second-order valence-corrected chi connectivity index (χ2v) is 7.95. The Morgan fingerprint density at radius 3 is 2.84 bits per heavy atom. The van der Waals surface area contributed by atoms with Crippen molar-refractivity contribution < 1.29 is 0 Å². The molecule has 0 saturated carbocycles. The van der Waals surface area contributed by atoms with Crippen LogP contribution in [-0.2, 0) is 0 Å². The minimum absolute atomic E-state index is 0.449. The maximum absolute atomic E-state index is 4.57. The van der Waals surface area contributed by atoms with E-state index in [4.69, 9.17) is 0 Å². The van der Waals surface area contributed by atoms with Gasteiger partial charge in [-0.25, -0.2) is 0 Å². The van der Waals surface area contributed by atoms with Crippen LogP contribution >= 0.6 is 0 Å². The molecule has 1 aromatic carbocycles. The van der Waals surface area contributed by atoms with E-state index in [1.54, 1.807) is 0 Å². The summed E-state index contributed by atoms with van der Waals surface area (Å²) < 4.78 is 2.62. The van der Waals surface area contributed by atoms with Crippen molar-refractivity contribution in [3.8, 4) is 0 Å². The van der Waals surface area contributed by atoms with Crippen molar-refractivity contribution in [2.45, 2.75) is 25.9 Å². The summed E-state index contributed by atoms with van der Waals surface area (Å²) in [5, 5.41) is 1.23. The Morgan fingerprint density at radius 2 is 2.05 bits per heavy atom. The molecule has 3 rings (SSSR count). The van der Waals surface area contributed by atoms with Crippen LogP contribution in [0.2, 0.25) is 12.1 Å². The summed E-state index contributed by atoms with van der Waals surface area (Å²) in [6.45, 7) is 5.69. The first-order valence-electron chi connectivity index (χ1n) is 7.01. The molecule has 19 heavy (non-hydrogen) atoms. The SMILES string of the molecule is CC[Si](CC)N1CC=Cc2c1ccc1cccnc21. The van der Waals surface area contributed by atoms with Gasteiger partial charge < -0.3 is 4.57 Å². The second-order valence-electron chi connectivity index (χ2n) is 4.86. The Labute approximate surface area is 116 Å². The lowest BCUT2D eigenvalue weighted by atomic mass is 10.0. The number of hydrogen-bond donors (Lipinski definition) is 0. The van der Waals surface area contributed by atoms with Gasteiger partial charge in [-0.3, -0.25) is 4.98 Å². The van der Waals surface area contributed by atoms with Gasteiger partial charge in [0.15, 0.2) is 8.96 Å². The highest BCUT2D eigenvalue weighted by Crippen LogP contribution is 2.33. The van der Waals surface area contributed by atoms with Gasteiger partial charge in [0, 0.05) is 29.4 Å². The number of fused-ring (bicyclic) bond motifs is 3. The average molecular weight is 267 g/mol. The standard InChI is InChI=1S/C16H19N2Si/c1-3-19(4-2)18-12-6-8-14-15(18)10-9-13-7-5-11-17-16(13)14/h5-11H,3-4,12H2,1-2H3. The van der Waals surface area contributed by atoms with Gasteiger partial charge in [-0.2, -0.15) is 0 Å². The van der Waals surface area contributed by atoms with E-state index in [0.717, 1.165) is 12.1 Å². The quantitative estimate of drug-likeness (QED) is 0.778. The van der Waals surface area contributed by atoms with Crippen LogP contribution in [0.15, 0.2) is 36.5 Å². The molecule has 1 radical (unpaired) electrons. The molecule has 0 aliphatic carbocycles. The number of anilines is 1. The Hall–Kier alpha value is -1.61. The molecule has 2 heterocycles. The number of hydrogen-bond acceptors (Lipinski definition) is 2. The van der Waals surface area contributed by atoms with E-state index < -0.39 is 8.96 Å². The first-order valence-corrected chi connectivity index (χ1v) is 8.87. The van der Waals surface area contributed by atoms with Crippen LogP contribution in [-0.4, -0.2) is 20.5 Å².